The molecule has 0 amide bonds. The maximum Gasteiger partial charge on any atom is 0.170 e. The fourth-order valence-electron chi connectivity index (χ4n) is 2.57. The van der Waals surface area contributed by atoms with E-state index >= 15 is 0 Å². The molecule has 1 saturated heterocycles. The normalized spacial score (nSPS) is 20.0. The lowest BCUT2D eigenvalue weighted by molar-refractivity contribution is 0.211. The zero-order valence-electron chi connectivity index (χ0n) is 11.8. The highest BCUT2D eigenvalue weighted by molar-refractivity contribution is 7.80. The SMILES string of the molecule is Cc1cccc(NC(=S)NC[C@@H]2CCCN(C)C2)c1. The number of likely N-dealkylation sites (tertiary alicyclic amines) is 1. The molecular formula is C15H23N3S. The number of thiocarbonyl (C=S) groups is 1. The van der Waals surface area contributed by atoms with Crippen LogP contribution in [0.2, 0.25) is 0 Å². The van der Waals surface area contributed by atoms with E-state index in [0.717, 1.165) is 17.3 Å². The second kappa shape index (κ2) is 6.87. The highest BCUT2D eigenvalue weighted by atomic mass is 32.1. The molecule has 0 unspecified atom stereocenters. The first-order valence-electron chi connectivity index (χ1n) is 6.93. The largest absolute Gasteiger partial charge is 0.362 e. The molecule has 3 nitrogen and oxygen atoms in total. The van der Waals surface area contributed by atoms with Crippen LogP contribution in [0.25, 0.3) is 0 Å². The Morgan fingerprint density at radius 1 is 1.47 bits per heavy atom. The molecule has 2 rings (SSSR count). The minimum atomic E-state index is 0.705. The van der Waals surface area contributed by atoms with E-state index in [0.29, 0.717) is 5.92 Å². The van der Waals surface area contributed by atoms with Crippen LogP contribution in [0.5, 0.6) is 0 Å². The minimum Gasteiger partial charge on any atom is -0.362 e. The molecule has 0 saturated carbocycles. The van der Waals surface area contributed by atoms with Crippen molar-refractivity contribution in [1.29, 1.82) is 0 Å². The summed E-state index contributed by atoms with van der Waals surface area (Å²) in [6.45, 7) is 5.43. The van der Waals surface area contributed by atoms with Crippen LogP contribution in [0.3, 0.4) is 0 Å². The number of nitrogens with zero attached hydrogens (tertiary/aromatic N) is 1. The molecule has 1 atom stereocenters. The highest BCUT2D eigenvalue weighted by Crippen LogP contribution is 2.14. The number of anilines is 1. The molecule has 1 aliphatic rings. The molecule has 0 radical (unpaired) electrons. The summed E-state index contributed by atoms with van der Waals surface area (Å²) in [6.07, 6.45) is 2.59. The van der Waals surface area contributed by atoms with Gasteiger partial charge < -0.3 is 15.5 Å². The zero-order valence-corrected chi connectivity index (χ0v) is 12.6. The van der Waals surface area contributed by atoms with Gasteiger partial charge in [0.25, 0.3) is 0 Å². The van der Waals surface area contributed by atoms with Gasteiger partial charge in [0.1, 0.15) is 0 Å². The number of rotatable bonds is 3. The van der Waals surface area contributed by atoms with Crippen molar-refractivity contribution in [3.05, 3.63) is 29.8 Å². The van der Waals surface area contributed by atoms with Crippen LogP contribution in [0.1, 0.15) is 18.4 Å². The molecule has 1 fully saturated rings. The Bertz CT molecular complexity index is 433. The van der Waals surface area contributed by atoms with Crippen LogP contribution < -0.4 is 10.6 Å². The van der Waals surface area contributed by atoms with Crippen molar-refractivity contribution in [2.24, 2.45) is 5.92 Å². The van der Waals surface area contributed by atoms with Gasteiger partial charge in [-0.15, -0.1) is 0 Å². The van der Waals surface area contributed by atoms with Crippen LogP contribution in [0.4, 0.5) is 5.69 Å². The van der Waals surface area contributed by atoms with Crippen LogP contribution in [-0.4, -0.2) is 36.7 Å². The maximum atomic E-state index is 5.34. The quantitative estimate of drug-likeness (QED) is 0.831. The van der Waals surface area contributed by atoms with Gasteiger partial charge in [-0.2, -0.15) is 0 Å². The van der Waals surface area contributed by atoms with E-state index in [4.69, 9.17) is 12.2 Å². The molecule has 2 N–H and O–H groups in total. The first-order chi connectivity index (χ1) is 9.13. The van der Waals surface area contributed by atoms with Crippen molar-refractivity contribution in [1.82, 2.24) is 10.2 Å². The average Bonchev–Trinajstić information content (AvgIpc) is 2.36. The monoisotopic (exact) mass is 277 g/mol. The van der Waals surface area contributed by atoms with E-state index in [9.17, 15) is 0 Å². The minimum absolute atomic E-state index is 0.705. The summed E-state index contributed by atoms with van der Waals surface area (Å²) in [7, 11) is 2.19. The number of benzene rings is 1. The van der Waals surface area contributed by atoms with E-state index in [2.05, 4.69) is 41.6 Å². The van der Waals surface area contributed by atoms with Crippen molar-refractivity contribution >= 4 is 23.0 Å². The van der Waals surface area contributed by atoms with Crippen molar-refractivity contribution in [3.63, 3.8) is 0 Å². The topological polar surface area (TPSA) is 27.3 Å². The summed E-state index contributed by atoms with van der Waals surface area (Å²) in [4.78, 5) is 2.40. The fourth-order valence-corrected chi connectivity index (χ4v) is 2.78. The number of aryl methyl sites for hydroxylation is 1. The third-order valence-electron chi connectivity index (χ3n) is 3.55. The first-order valence-corrected chi connectivity index (χ1v) is 7.34. The summed E-state index contributed by atoms with van der Waals surface area (Å²) in [5.41, 5.74) is 2.29. The molecule has 4 heteroatoms. The second-order valence-electron chi connectivity index (χ2n) is 5.48. The Hall–Kier alpha value is -1.13. The molecule has 1 aromatic rings. The average molecular weight is 277 g/mol. The van der Waals surface area contributed by atoms with Gasteiger partial charge in [-0.05, 0) is 69.2 Å². The molecule has 1 heterocycles. The third kappa shape index (κ3) is 4.80. The number of hydrogen-bond acceptors (Lipinski definition) is 2. The lowest BCUT2D eigenvalue weighted by atomic mass is 9.99. The van der Waals surface area contributed by atoms with Gasteiger partial charge in [-0.3, -0.25) is 0 Å². The van der Waals surface area contributed by atoms with E-state index in [1.807, 2.05) is 12.1 Å². The Balaban J connectivity index is 1.75. The lowest BCUT2D eigenvalue weighted by Gasteiger charge is -2.30. The standard InChI is InChI=1S/C15H23N3S/c1-12-5-3-7-14(9-12)17-15(19)16-10-13-6-4-8-18(2)11-13/h3,5,7,9,13H,4,6,8,10-11H2,1-2H3,(H2,16,17,19)/t13-/m0/s1. The third-order valence-corrected chi connectivity index (χ3v) is 3.80. The van der Waals surface area contributed by atoms with Gasteiger partial charge in [0, 0.05) is 18.8 Å². The van der Waals surface area contributed by atoms with Gasteiger partial charge in [-0.25, -0.2) is 0 Å². The van der Waals surface area contributed by atoms with Gasteiger partial charge >= 0.3 is 0 Å². The van der Waals surface area contributed by atoms with Gasteiger partial charge in [0.15, 0.2) is 5.11 Å². The molecule has 0 aromatic heterocycles. The summed E-state index contributed by atoms with van der Waals surface area (Å²) in [5.74, 6) is 0.705. The van der Waals surface area contributed by atoms with Crippen LogP contribution >= 0.6 is 12.2 Å². The summed E-state index contributed by atoms with van der Waals surface area (Å²) in [6, 6.07) is 8.26. The summed E-state index contributed by atoms with van der Waals surface area (Å²) < 4.78 is 0. The van der Waals surface area contributed by atoms with Crippen molar-refractivity contribution < 1.29 is 0 Å². The Morgan fingerprint density at radius 2 is 2.32 bits per heavy atom. The number of nitrogens with one attached hydrogen (secondary N) is 2. The predicted octanol–water partition coefficient (Wildman–Crippen LogP) is 2.62. The maximum absolute atomic E-state index is 5.34. The smallest absolute Gasteiger partial charge is 0.170 e. The van der Waals surface area contributed by atoms with Crippen molar-refractivity contribution in [2.75, 3.05) is 32.0 Å². The molecule has 0 spiro atoms. The van der Waals surface area contributed by atoms with Gasteiger partial charge in [0.05, 0.1) is 0 Å². The molecular weight excluding hydrogens is 254 g/mol. The van der Waals surface area contributed by atoms with Crippen LogP contribution in [0, 0.1) is 12.8 Å². The molecule has 104 valence electrons. The van der Waals surface area contributed by atoms with Crippen LogP contribution in [-0.2, 0) is 0 Å². The zero-order chi connectivity index (χ0) is 13.7. The number of piperidine rings is 1. The molecule has 0 bridgehead atoms. The van der Waals surface area contributed by atoms with Crippen LogP contribution in [0.15, 0.2) is 24.3 Å². The van der Waals surface area contributed by atoms with Crippen molar-refractivity contribution in [3.8, 4) is 0 Å². The Kier molecular flexibility index (Phi) is 5.16. The summed E-state index contributed by atoms with van der Waals surface area (Å²) in [5, 5.41) is 7.30. The molecule has 0 aliphatic carbocycles. The molecule has 19 heavy (non-hydrogen) atoms. The van der Waals surface area contributed by atoms with E-state index in [-0.39, 0.29) is 0 Å². The molecule has 1 aromatic carbocycles. The van der Waals surface area contributed by atoms with E-state index in [1.54, 1.807) is 0 Å². The fraction of sp³-hybridized carbons (Fsp3) is 0.533. The van der Waals surface area contributed by atoms with E-state index < -0.39 is 0 Å². The first kappa shape index (κ1) is 14.3. The predicted molar refractivity (Wildman–Crippen MR) is 85.6 cm³/mol. The van der Waals surface area contributed by atoms with Gasteiger partial charge in [0.2, 0.25) is 0 Å². The lowest BCUT2D eigenvalue weighted by Crippen LogP contribution is -2.40. The highest BCUT2D eigenvalue weighted by Gasteiger charge is 2.16. The Labute approximate surface area is 121 Å². The second-order valence-corrected chi connectivity index (χ2v) is 5.88. The summed E-state index contributed by atoms with van der Waals surface area (Å²) >= 11 is 5.34. The van der Waals surface area contributed by atoms with E-state index in [1.165, 1.54) is 31.5 Å². The molecule has 1 aliphatic heterocycles. The number of hydrogen-bond donors (Lipinski definition) is 2. The Morgan fingerprint density at radius 3 is 3.05 bits per heavy atom. The van der Waals surface area contributed by atoms with Gasteiger partial charge in [-0.1, -0.05) is 12.1 Å². The van der Waals surface area contributed by atoms with Crippen molar-refractivity contribution in [2.45, 2.75) is 19.8 Å².